The maximum Gasteiger partial charge on any atom is 0.242 e. The van der Waals surface area contributed by atoms with Gasteiger partial charge in [-0.3, -0.25) is 0 Å². The van der Waals surface area contributed by atoms with E-state index in [0.29, 0.717) is 16.9 Å². The van der Waals surface area contributed by atoms with Crippen molar-refractivity contribution in [3.05, 3.63) is 15.8 Å². The minimum absolute atomic E-state index is 0.0826. The van der Waals surface area contributed by atoms with Crippen molar-refractivity contribution in [1.82, 2.24) is 4.72 Å². The molecule has 2 unspecified atom stereocenters. The molecule has 0 aliphatic heterocycles. The first kappa shape index (κ1) is 14.9. The molecule has 1 heterocycles. The summed E-state index contributed by atoms with van der Waals surface area (Å²) in [5, 5.41) is 11.0. The van der Waals surface area contributed by atoms with E-state index in [2.05, 4.69) is 4.72 Å². The van der Waals surface area contributed by atoms with E-state index in [1.165, 1.54) is 11.3 Å². The van der Waals surface area contributed by atoms with Crippen LogP contribution >= 0.6 is 11.3 Å². The Hall–Kier alpha value is -0.470. The Labute approximate surface area is 117 Å². The van der Waals surface area contributed by atoms with Gasteiger partial charge in [-0.25, -0.2) is 13.1 Å². The van der Waals surface area contributed by atoms with Crippen LogP contribution in [0.2, 0.25) is 0 Å². The third-order valence-corrected chi connectivity index (χ3v) is 6.41. The summed E-state index contributed by atoms with van der Waals surface area (Å²) in [6.45, 7) is 1.50. The van der Waals surface area contributed by atoms with Gasteiger partial charge in [0.15, 0.2) is 0 Å². The van der Waals surface area contributed by atoms with E-state index < -0.39 is 10.0 Å². The highest BCUT2D eigenvalue weighted by Crippen LogP contribution is 2.29. The molecule has 0 bridgehead atoms. The van der Waals surface area contributed by atoms with E-state index in [0.717, 1.165) is 12.8 Å². The molecule has 1 aliphatic rings. The van der Waals surface area contributed by atoms with Gasteiger partial charge in [-0.2, -0.15) is 0 Å². The van der Waals surface area contributed by atoms with Gasteiger partial charge in [0.1, 0.15) is 4.90 Å². The maximum atomic E-state index is 12.4. The molecule has 0 amide bonds. The summed E-state index contributed by atoms with van der Waals surface area (Å²) in [4.78, 5) is 0.729. The SMILES string of the molecule is COC1CCC(NS(=O)(=O)c2c(C)csc2CO)C1. The summed E-state index contributed by atoms with van der Waals surface area (Å²) < 4.78 is 32.7. The minimum Gasteiger partial charge on any atom is -0.391 e. The van der Waals surface area contributed by atoms with Gasteiger partial charge in [0.25, 0.3) is 0 Å². The van der Waals surface area contributed by atoms with Crippen molar-refractivity contribution in [3.63, 3.8) is 0 Å². The fourth-order valence-electron chi connectivity index (χ4n) is 2.50. The molecular weight excluding hydrogens is 286 g/mol. The Morgan fingerprint density at radius 2 is 2.26 bits per heavy atom. The summed E-state index contributed by atoms with van der Waals surface area (Å²) in [7, 11) is -1.91. The third-order valence-electron chi connectivity index (χ3n) is 3.44. The number of methoxy groups -OCH3 is 1. The molecule has 1 aromatic rings. The van der Waals surface area contributed by atoms with Crippen LogP contribution in [0.25, 0.3) is 0 Å². The fraction of sp³-hybridized carbons (Fsp3) is 0.667. The number of aliphatic hydroxyl groups excluding tert-OH is 1. The Kier molecular flexibility index (Phi) is 4.62. The number of aryl methyl sites for hydroxylation is 1. The normalized spacial score (nSPS) is 23.9. The highest BCUT2D eigenvalue weighted by atomic mass is 32.2. The molecule has 1 aliphatic carbocycles. The summed E-state index contributed by atoms with van der Waals surface area (Å²) in [6, 6.07) is -0.0826. The number of rotatable bonds is 5. The predicted molar refractivity (Wildman–Crippen MR) is 73.7 cm³/mol. The van der Waals surface area contributed by atoms with E-state index in [1.807, 2.05) is 0 Å². The molecular formula is C12H19NO4S2. The molecule has 1 aromatic heterocycles. The van der Waals surface area contributed by atoms with Crippen LogP contribution in [0.4, 0.5) is 0 Å². The van der Waals surface area contributed by atoms with E-state index in [9.17, 15) is 13.5 Å². The summed E-state index contributed by atoms with van der Waals surface area (Å²) in [5.41, 5.74) is 0.683. The van der Waals surface area contributed by atoms with E-state index in [-0.39, 0.29) is 23.6 Å². The molecule has 19 heavy (non-hydrogen) atoms. The lowest BCUT2D eigenvalue weighted by molar-refractivity contribution is 0.107. The minimum atomic E-state index is -3.56. The second-order valence-corrected chi connectivity index (χ2v) is 7.43. The number of nitrogens with one attached hydrogen (secondary N) is 1. The van der Waals surface area contributed by atoms with Gasteiger partial charge in [-0.1, -0.05) is 0 Å². The van der Waals surface area contributed by atoms with Crippen molar-refractivity contribution < 1.29 is 18.3 Å². The first-order valence-corrected chi connectivity index (χ1v) is 8.57. The molecule has 2 atom stereocenters. The molecule has 0 radical (unpaired) electrons. The molecule has 5 nitrogen and oxygen atoms in total. The number of ether oxygens (including phenoxy) is 1. The van der Waals surface area contributed by atoms with Crippen molar-refractivity contribution in [1.29, 1.82) is 0 Å². The molecule has 2 rings (SSSR count). The highest BCUT2D eigenvalue weighted by Gasteiger charge is 2.30. The van der Waals surface area contributed by atoms with Crippen LogP contribution in [-0.4, -0.2) is 32.8 Å². The molecule has 108 valence electrons. The summed E-state index contributed by atoms with van der Waals surface area (Å²) >= 11 is 1.27. The highest BCUT2D eigenvalue weighted by molar-refractivity contribution is 7.89. The molecule has 0 saturated heterocycles. The smallest absolute Gasteiger partial charge is 0.242 e. The van der Waals surface area contributed by atoms with E-state index in [4.69, 9.17) is 4.74 Å². The first-order chi connectivity index (χ1) is 8.97. The van der Waals surface area contributed by atoms with Crippen LogP contribution in [0.15, 0.2) is 10.3 Å². The molecule has 7 heteroatoms. The summed E-state index contributed by atoms with van der Waals surface area (Å²) in [5.74, 6) is 0. The largest absolute Gasteiger partial charge is 0.391 e. The summed E-state index contributed by atoms with van der Waals surface area (Å²) in [6.07, 6.45) is 2.50. The first-order valence-electron chi connectivity index (χ1n) is 6.21. The zero-order valence-electron chi connectivity index (χ0n) is 11.0. The van der Waals surface area contributed by atoms with E-state index in [1.54, 1.807) is 19.4 Å². The lowest BCUT2D eigenvalue weighted by Gasteiger charge is -2.14. The van der Waals surface area contributed by atoms with Crippen LogP contribution in [0.3, 0.4) is 0 Å². The fourth-order valence-corrected chi connectivity index (χ4v) is 5.44. The van der Waals surface area contributed by atoms with Gasteiger partial charge < -0.3 is 9.84 Å². The average Bonchev–Trinajstić information content (AvgIpc) is 2.95. The van der Waals surface area contributed by atoms with Crippen molar-refractivity contribution in [2.45, 2.75) is 49.8 Å². The predicted octanol–water partition coefficient (Wildman–Crippen LogP) is 1.39. The van der Waals surface area contributed by atoms with E-state index >= 15 is 0 Å². The quantitative estimate of drug-likeness (QED) is 0.862. The zero-order valence-corrected chi connectivity index (χ0v) is 12.7. The van der Waals surface area contributed by atoms with Gasteiger partial charge in [-0.15, -0.1) is 11.3 Å². The Bertz CT molecular complexity index is 538. The van der Waals surface area contributed by atoms with Gasteiger partial charge in [0.2, 0.25) is 10.0 Å². The Morgan fingerprint density at radius 1 is 1.53 bits per heavy atom. The van der Waals surface area contributed by atoms with Crippen LogP contribution in [-0.2, 0) is 21.4 Å². The number of thiophene rings is 1. The number of aliphatic hydroxyl groups is 1. The Balaban J connectivity index is 2.17. The molecule has 0 aromatic carbocycles. The van der Waals surface area contributed by atoms with Gasteiger partial charge in [0, 0.05) is 13.2 Å². The van der Waals surface area contributed by atoms with Crippen molar-refractivity contribution in [2.75, 3.05) is 7.11 Å². The Morgan fingerprint density at radius 3 is 2.84 bits per heavy atom. The van der Waals surface area contributed by atoms with Crippen molar-refractivity contribution in [3.8, 4) is 0 Å². The maximum absolute atomic E-state index is 12.4. The monoisotopic (exact) mass is 305 g/mol. The number of sulfonamides is 1. The van der Waals surface area contributed by atoms with Gasteiger partial charge in [-0.05, 0) is 37.1 Å². The van der Waals surface area contributed by atoms with Crippen molar-refractivity contribution >= 4 is 21.4 Å². The lowest BCUT2D eigenvalue weighted by Crippen LogP contribution is -2.34. The zero-order chi connectivity index (χ0) is 14.0. The van der Waals surface area contributed by atoms with Gasteiger partial charge >= 0.3 is 0 Å². The van der Waals surface area contributed by atoms with Crippen LogP contribution in [0.5, 0.6) is 0 Å². The lowest BCUT2D eigenvalue weighted by atomic mass is 10.3. The third kappa shape index (κ3) is 3.17. The number of hydrogen-bond donors (Lipinski definition) is 2. The molecule has 0 spiro atoms. The second-order valence-electron chi connectivity index (χ2n) is 4.82. The second kappa shape index (κ2) is 5.88. The van der Waals surface area contributed by atoms with Crippen LogP contribution in [0.1, 0.15) is 29.7 Å². The van der Waals surface area contributed by atoms with Crippen LogP contribution < -0.4 is 4.72 Å². The van der Waals surface area contributed by atoms with Crippen molar-refractivity contribution in [2.24, 2.45) is 0 Å². The average molecular weight is 305 g/mol. The topological polar surface area (TPSA) is 75.6 Å². The van der Waals surface area contributed by atoms with Gasteiger partial charge in [0.05, 0.1) is 17.6 Å². The number of hydrogen-bond acceptors (Lipinski definition) is 5. The molecule has 1 saturated carbocycles. The molecule has 1 fully saturated rings. The van der Waals surface area contributed by atoms with Crippen LogP contribution in [0, 0.1) is 6.92 Å². The molecule has 2 N–H and O–H groups in total. The standard InChI is InChI=1S/C12H19NO4S2/c1-8-7-18-11(6-14)12(8)19(15,16)13-9-3-4-10(5-9)17-2/h7,9-10,13-14H,3-6H2,1-2H3.